The van der Waals surface area contributed by atoms with E-state index in [1.165, 1.54) is 5.56 Å². The number of ether oxygens (including phenoxy) is 2. The molecule has 1 saturated heterocycles. The van der Waals surface area contributed by atoms with Crippen molar-refractivity contribution in [3.05, 3.63) is 60.2 Å². The van der Waals surface area contributed by atoms with E-state index in [0.717, 1.165) is 50.3 Å². The molecule has 2 aromatic carbocycles. The number of rotatable bonds is 8. The van der Waals surface area contributed by atoms with Crippen molar-refractivity contribution in [1.29, 1.82) is 0 Å². The molecule has 128 valence electrons. The van der Waals surface area contributed by atoms with E-state index >= 15 is 0 Å². The van der Waals surface area contributed by atoms with E-state index in [1.807, 2.05) is 36.4 Å². The Hall–Kier alpha value is -2.00. The first-order valence-electron chi connectivity index (χ1n) is 9.01. The highest BCUT2D eigenvalue weighted by molar-refractivity contribution is 5.33. The van der Waals surface area contributed by atoms with Crippen LogP contribution in [-0.4, -0.2) is 25.3 Å². The summed E-state index contributed by atoms with van der Waals surface area (Å²) >= 11 is 0. The number of para-hydroxylation sites is 2. The molecule has 0 aromatic heterocycles. The Balaban J connectivity index is 1.36. The molecule has 24 heavy (non-hydrogen) atoms. The summed E-state index contributed by atoms with van der Waals surface area (Å²) in [5, 5.41) is 3.57. The zero-order valence-electron chi connectivity index (χ0n) is 14.4. The fourth-order valence-corrected chi connectivity index (χ4v) is 3.23. The van der Waals surface area contributed by atoms with Crippen LogP contribution in [0.15, 0.2) is 54.6 Å². The van der Waals surface area contributed by atoms with Gasteiger partial charge >= 0.3 is 0 Å². The van der Waals surface area contributed by atoms with Gasteiger partial charge in [0, 0.05) is 19.0 Å². The second-order valence-electron chi connectivity index (χ2n) is 6.35. The van der Waals surface area contributed by atoms with Crippen molar-refractivity contribution in [1.82, 2.24) is 5.32 Å². The van der Waals surface area contributed by atoms with Crippen LogP contribution >= 0.6 is 0 Å². The average Bonchev–Trinajstić information content (AvgIpc) is 3.07. The molecule has 1 heterocycles. The Kier molecular flexibility index (Phi) is 6.13. The summed E-state index contributed by atoms with van der Waals surface area (Å²) in [6, 6.07) is 18.9. The molecule has 1 fully saturated rings. The number of hydrogen-bond donors (Lipinski definition) is 1. The minimum absolute atomic E-state index is 0.277. The summed E-state index contributed by atoms with van der Waals surface area (Å²) in [6.07, 6.45) is 4.55. The van der Waals surface area contributed by atoms with Crippen molar-refractivity contribution in [3.8, 4) is 11.5 Å². The largest absolute Gasteiger partial charge is 0.493 e. The predicted octanol–water partition coefficient (Wildman–Crippen LogP) is 4.22. The Labute approximate surface area is 145 Å². The summed E-state index contributed by atoms with van der Waals surface area (Å²) in [4.78, 5) is 0. The van der Waals surface area contributed by atoms with E-state index in [1.54, 1.807) is 0 Å². The summed E-state index contributed by atoms with van der Waals surface area (Å²) in [7, 11) is 0. The zero-order valence-corrected chi connectivity index (χ0v) is 14.4. The Morgan fingerprint density at radius 3 is 2.67 bits per heavy atom. The average molecular weight is 325 g/mol. The topological polar surface area (TPSA) is 30.5 Å². The molecule has 0 bridgehead atoms. The van der Waals surface area contributed by atoms with Gasteiger partial charge < -0.3 is 14.8 Å². The monoisotopic (exact) mass is 325 g/mol. The molecule has 3 rings (SSSR count). The van der Waals surface area contributed by atoms with E-state index in [0.29, 0.717) is 6.04 Å². The van der Waals surface area contributed by atoms with Gasteiger partial charge in [-0.3, -0.25) is 0 Å². The lowest BCUT2D eigenvalue weighted by molar-refractivity contribution is 0.218. The third-order valence-corrected chi connectivity index (χ3v) is 4.54. The molecule has 0 saturated carbocycles. The molecule has 0 radical (unpaired) electrons. The molecule has 1 N–H and O–H groups in total. The molecule has 0 amide bonds. The van der Waals surface area contributed by atoms with Gasteiger partial charge in [-0.15, -0.1) is 0 Å². The zero-order chi connectivity index (χ0) is 16.6. The van der Waals surface area contributed by atoms with E-state index < -0.39 is 0 Å². The van der Waals surface area contributed by atoms with Crippen LogP contribution in [0.5, 0.6) is 11.5 Å². The Bertz CT molecular complexity index is 614. The maximum Gasteiger partial charge on any atom is 0.122 e. The maximum atomic E-state index is 6.02. The van der Waals surface area contributed by atoms with Crippen molar-refractivity contribution in [2.75, 3.05) is 13.2 Å². The van der Waals surface area contributed by atoms with Crippen LogP contribution in [0.1, 0.15) is 31.7 Å². The smallest absolute Gasteiger partial charge is 0.122 e. The predicted molar refractivity (Wildman–Crippen MR) is 97.8 cm³/mol. The fourth-order valence-electron chi connectivity index (χ4n) is 3.23. The highest BCUT2D eigenvalue weighted by atomic mass is 16.5. The SMILES string of the molecule is CCc1ccccc1OCCC[C@@H]1C[C@H](Oc2ccccc2)CN1. The Morgan fingerprint density at radius 2 is 1.83 bits per heavy atom. The fraction of sp³-hybridized carbons (Fsp3) is 0.429. The van der Waals surface area contributed by atoms with Crippen LogP contribution < -0.4 is 14.8 Å². The minimum atomic E-state index is 0.277. The molecular weight excluding hydrogens is 298 g/mol. The highest BCUT2D eigenvalue weighted by Gasteiger charge is 2.25. The summed E-state index contributed by atoms with van der Waals surface area (Å²) in [6.45, 7) is 3.87. The third-order valence-electron chi connectivity index (χ3n) is 4.54. The number of aryl methyl sites for hydroxylation is 1. The van der Waals surface area contributed by atoms with Gasteiger partial charge in [-0.2, -0.15) is 0 Å². The second-order valence-corrected chi connectivity index (χ2v) is 6.35. The van der Waals surface area contributed by atoms with Crippen LogP contribution in [0.25, 0.3) is 0 Å². The van der Waals surface area contributed by atoms with Crippen LogP contribution in [0.2, 0.25) is 0 Å². The molecule has 2 aromatic rings. The van der Waals surface area contributed by atoms with Gasteiger partial charge in [-0.05, 0) is 43.0 Å². The molecule has 1 aliphatic rings. The summed E-state index contributed by atoms with van der Waals surface area (Å²) in [5.74, 6) is 1.99. The Morgan fingerprint density at radius 1 is 1.04 bits per heavy atom. The van der Waals surface area contributed by atoms with Crippen molar-refractivity contribution in [2.24, 2.45) is 0 Å². The molecular formula is C21H27NO2. The highest BCUT2D eigenvalue weighted by Crippen LogP contribution is 2.21. The lowest BCUT2D eigenvalue weighted by Crippen LogP contribution is -2.22. The molecule has 2 atom stereocenters. The van der Waals surface area contributed by atoms with Crippen molar-refractivity contribution < 1.29 is 9.47 Å². The molecule has 0 unspecified atom stereocenters. The van der Waals surface area contributed by atoms with Gasteiger partial charge in [0.15, 0.2) is 0 Å². The van der Waals surface area contributed by atoms with Crippen molar-refractivity contribution >= 4 is 0 Å². The van der Waals surface area contributed by atoms with Crippen LogP contribution in [0.3, 0.4) is 0 Å². The second kappa shape index (κ2) is 8.74. The molecule has 0 aliphatic carbocycles. The number of hydrogen-bond acceptors (Lipinski definition) is 3. The maximum absolute atomic E-state index is 6.02. The first-order chi connectivity index (χ1) is 11.8. The standard InChI is InChI=1S/C21H27NO2/c1-2-17-9-6-7-13-21(17)23-14-8-10-18-15-20(16-22-18)24-19-11-4-3-5-12-19/h3-7,9,11-13,18,20,22H,2,8,10,14-16H2,1H3/t18-,20+/m1/s1. The van der Waals surface area contributed by atoms with Gasteiger partial charge in [0.2, 0.25) is 0 Å². The molecule has 0 spiro atoms. The molecule has 1 aliphatic heterocycles. The minimum Gasteiger partial charge on any atom is -0.493 e. The van der Waals surface area contributed by atoms with E-state index in [9.17, 15) is 0 Å². The summed E-state index contributed by atoms with van der Waals surface area (Å²) < 4.78 is 12.0. The van der Waals surface area contributed by atoms with Crippen LogP contribution in [0, 0.1) is 0 Å². The van der Waals surface area contributed by atoms with Gasteiger partial charge in [-0.25, -0.2) is 0 Å². The van der Waals surface area contributed by atoms with E-state index in [-0.39, 0.29) is 6.10 Å². The lowest BCUT2D eigenvalue weighted by Gasteiger charge is -2.14. The first-order valence-corrected chi connectivity index (χ1v) is 9.01. The normalized spacial score (nSPS) is 20.0. The van der Waals surface area contributed by atoms with Crippen molar-refractivity contribution in [2.45, 2.75) is 44.8 Å². The van der Waals surface area contributed by atoms with Gasteiger partial charge in [0.1, 0.15) is 17.6 Å². The molecule has 3 heteroatoms. The summed E-state index contributed by atoms with van der Waals surface area (Å²) in [5.41, 5.74) is 1.29. The van der Waals surface area contributed by atoms with E-state index in [4.69, 9.17) is 9.47 Å². The first kappa shape index (κ1) is 16.8. The third kappa shape index (κ3) is 4.75. The quantitative estimate of drug-likeness (QED) is 0.737. The van der Waals surface area contributed by atoms with Gasteiger partial charge in [0.05, 0.1) is 6.61 Å². The number of nitrogens with one attached hydrogen (secondary N) is 1. The van der Waals surface area contributed by atoms with E-state index in [2.05, 4.69) is 30.4 Å². The van der Waals surface area contributed by atoms with Gasteiger partial charge in [-0.1, -0.05) is 43.3 Å². The lowest BCUT2D eigenvalue weighted by atomic mass is 10.1. The molecule has 3 nitrogen and oxygen atoms in total. The van der Waals surface area contributed by atoms with Crippen LogP contribution in [-0.2, 0) is 6.42 Å². The van der Waals surface area contributed by atoms with Crippen molar-refractivity contribution in [3.63, 3.8) is 0 Å². The van der Waals surface area contributed by atoms with Gasteiger partial charge in [0.25, 0.3) is 0 Å². The van der Waals surface area contributed by atoms with Crippen LogP contribution in [0.4, 0.5) is 0 Å². The number of benzene rings is 2.